The molecule has 0 atom stereocenters. The third-order valence-corrected chi connectivity index (χ3v) is 2.92. The minimum atomic E-state index is -3.18. The molecule has 5 heteroatoms. The maximum atomic E-state index is 11.1. The van der Waals surface area contributed by atoms with Crippen LogP contribution in [0.2, 0.25) is 0 Å². The number of alkyl halides is 1. The lowest BCUT2D eigenvalue weighted by atomic mass is 10.4. The fourth-order valence-electron chi connectivity index (χ4n) is 0.958. The van der Waals surface area contributed by atoms with Gasteiger partial charge < -0.3 is 4.42 Å². The zero-order valence-corrected chi connectivity index (χ0v) is 8.37. The molecule has 3 nitrogen and oxygen atoms in total. The van der Waals surface area contributed by atoms with Crippen LogP contribution in [0.4, 0.5) is 0 Å². The van der Waals surface area contributed by atoms with Gasteiger partial charge in [-0.1, -0.05) is 0 Å². The molecule has 0 bridgehead atoms. The lowest BCUT2D eigenvalue weighted by molar-refractivity contribution is 0.492. The topological polar surface area (TPSA) is 47.3 Å². The number of rotatable bonds is 2. The minimum Gasteiger partial charge on any atom is -0.464 e. The van der Waals surface area contributed by atoms with E-state index >= 15 is 0 Å². The second-order valence-corrected chi connectivity index (χ2v) is 4.79. The minimum absolute atomic E-state index is 0.191. The molecule has 0 unspecified atom stereocenters. The van der Waals surface area contributed by atoms with Crippen molar-refractivity contribution in [1.82, 2.24) is 0 Å². The van der Waals surface area contributed by atoms with Crippen LogP contribution in [0.5, 0.6) is 0 Å². The van der Waals surface area contributed by atoms with Crippen LogP contribution in [0.3, 0.4) is 0 Å². The molecule has 0 spiro atoms. The largest absolute Gasteiger partial charge is 0.464 e. The van der Waals surface area contributed by atoms with E-state index in [9.17, 15) is 8.42 Å². The Hall–Kier alpha value is -0.480. The molecule has 1 aromatic rings. The van der Waals surface area contributed by atoms with Crippen LogP contribution in [0.15, 0.2) is 15.4 Å². The Balaban J connectivity index is 3.27. The van der Waals surface area contributed by atoms with E-state index in [1.807, 2.05) is 0 Å². The predicted molar refractivity (Wildman–Crippen MR) is 46.1 cm³/mol. The molecule has 0 saturated heterocycles. The Kier molecular flexibility index (Phi) is 2.49. The van der Waals surface area contributed by atoms with Gasteiger partial charge in [0, 0.05) is 6.26 Å². The summed E-state index contributed by atoms with van der Waals surface area (Å²) in [5.74, 6) is 1.07. The normalized spacial score (nSPS) is 11.9. The van der Waals surface area contributed by atoms with Crippen molar-refractivity contribution in [2.45, 2.75) is 17.7 Å². The van der Waals surface area contributed by atoms with Crippen molar-refractivity contribution in [3.05, 3.63) is 17.6 Å². The Morgan fingerprint density at radius 3 is 2.42 bits per heavy atom. The number of furan rings is 1. The number of halogens is 1. The van der Waals surface area contributed by atoms with Crippen LogP contribution in [0.1, 0.15) is 11.5 Å². The lowest BCUT2D eigenvalue weighted by Crippen LogP contribution is -1.96. The van der Waals surface area contributed by atoms with Gasteiger partial charge in [0.25, 0.3) is 0 Å². The highest BCUT2D eigenvalue weighted by molar-refractivity contribution is 7.90. The molecule has 68 valence electrons. The third kappa shape index (κ3) is 1.81. The molecule has 0 aliphatic heterocycles. The maximum Gasteiger partial charge on any atom is 0.178 e. The van der Waals surface area contributed by atoms with E-state index in [1.54, 1.807) is 6.92 Å². The third-order valence-electron chi connectivity index (χ3n) is 1.45. The Morgan fingerprint density at radius 1 is 1.58 bits per heavy atom. The van der Waals surface area contributed by atoms with Crippen molar-refractivity contribution in [2.75, 3.05) is 6.26 Å². The van der Waals surface area contributed by atoms with Crippen molar-refractivity contribution < 1.29 is 12.8 Å². The summed E-state index contributed by atoms with van der Waals surface area (Å²) >= 11 is 5.47. The second kappa shape index (κ2) is 3.11. The molecule has 0 saturated carbocycles. The maximum absolute atomic E-state index is 11.1. The number of sulfone groups is 1. The van der Waals surface area contributed by atoms with E-state index in [2.05, 4.69) is 0 Å². The average Bonchev–Trinajstić information content (AvgIpc) is 2.29. The average molecular weight is 209 g/mol. The molecule has 0 aromatic carbocycles. The SMILES string of the molecule is Cc1oc(CCl)cc1S(C)(=O)=O. The second-order valence-electron chi connectivity index (χ2n) is 2.54. The van der Waals surface area contributed by atoms with Crippen molar-refractivity contribution >= 4 is 21.4 Å². The highest BCUT2D eigenvalue weighted by Gasteiger charge is 2.15. The van der Waals surface area contributed by atoms with Gasteiger partial charge in [0.05, 0.1) is 5.88 Å². The van der Waals surface area contributed by atoms with Crippen LogP contribution in [-0.4, -0.2) is 14.7 Å². The Bertz CT molecular complexity index is 377. The first-order valence-corrected chi connectivity index (χ1v) is 5.73. The smallest absolute Gasteiger partial charge is 0.178 e. The first-order chi connectivity index (χ1) is 5.45. The molecule has 0 N–H and O–H groups in total. The predicted octanol–water partition coefficient (Wildman–Crippen LogP) is 1.73. The summed E-state index contributed by atoms with van der Waals surface area (Å²) in [5.41, 5.74) is 0. The number of hydrogen-bond acceptors (Lipinski definition) is 3. The van der Waals surface area contributed by atoms with Crippen LogP contribution in [0.25, 0.3) is 0 Å². The van der Waals surface area contributed by atoms with Gasteiger partial charge in [-0.3, -0.25) is 0 Å². The molecule has 0 radical (unpaired) electrons. The van der Waals surface area contributed by atoms with E-state index in [1.165, 1.54) is 6.07 Å². The molecule has 1 rings (SSSR count). The molecule has 1 aromatic heterocycles. The summed E-state index contributed by atoms with van der Waals surface area (Å²) < 4.78 is 27.2. The van der Waals surface area contributed by atoms with Crippen LogP contribution < -0.4 is 0 Å². The van der Waals surface area contributed by atoms with E-state index in [4.69, 9.17) is 16.0 Å². The Morgan fingerprint density at radius 2 is 2.17 bits per heavy atom. The Labute approximate surface area is 76.2 Å². The summed E-state index contributed by atoms with van der Waals surface area (Å²) in [6.45, 7) is 1.60. The van der Waals surface area contributed by atoms with Gasteiger partial charge in [0.15, 0.2) is 9.84 Å². The molecule has 0 aliphatic carbocycles. The number of hydrogen-bond donors (Lipinski definition) is 0. The van der Waals surface area contributed by atoms with Crippen molar-refractivity contribution in [3.8, 4) is 0 Å². The first kappa shape index (κ1) is 9.61. The van der Waals surface area contributed by atoms with Crippen LogP contribution >= 0.6 is 11.6 Å². The summed E-state index contributed by atoms with van der Waals surface area (Å²) in [7, 11) is -3.18. The number of aryl methyl sites for hydroxylation is 1. The molecule has 0 fully saturated rings. The van der Waals surface area contributed by atoms with E-state index < -0.39 is 9.84 Å². The molecule has 12 heavy (non-hydrogen) atoms. The zero-order valence-electron chi connectivity index (χ0n) is 6.80. The van der Waals surface area contributed by atoms with Gasteiger partial charge in [-0.25, -0.2) is 8.42 Å². The van der Waals surface area contributed by atoms with Gasteiger partial charge in [-0.15, -0.1) is 11.6 Å². The van der Waals surface area contributed by atoms with Gasteiger partial charge in [-0.2, -0.15) is 0 Å². The van der Waals surface area contributed by atoms with Gasteiger partial charge >= 0.3 is 0 Å². The van der Waals surface area contributed by atoms with E-state index in [0.717, 1.165) is 6.26 Å². The highest BCUT2D eigenvalue weighted by atomic mass is 35.5. The zero-order chi connectivity index (χ0) is 9.35. The quantitative estimate of drug-likeness (QED) is 0.696. The summed E-state index contributed by atoms with van der Waals surface area (Å²) in [6, 6.07) is 1.46. The monoisotopic (exact) mass is 208 g/mol. The first-order valence-electron chi connectivity index (χ1n) is 3.30. The molecule has 0 aliphatic rings. The lowest BCUT2D eigenvalue weighted by Gasteiger charge is -1.91. The summed E-state index contributed by atoms with van der Waals surface area (Å²) in [6.07, 6.45) is 1.14. The van der Waals surface area contributed by atoms with Crippen LogP contribution in [-0.2, 0) is 15.7 Å². The standard InChI is InChI=1S/C7H9ClO3S/c1-5-7(12(2,9)10)3-6(4-8)11-5/h3H,4H2,1-2H3. The molecule has 0 amide bonds. The van der Waals surface area contributed by atoms with Crippen LogP contribution in [0, 0.1) is 6.92 Å². The molecular formula is C7H9ClO3S. The van der Waals surface area contributed by atoms with Crippen molar-refractivity contribution in [3.63, 3.8) is 0 Å². The highest BCUT2D eigenvalue weighted by Crippen LogP contribution is 2.20. The molecular weight excluding hydrogens is 200 g/mol. The van der Waals surface area contributed by atoms with Gasteiger partial charge in [-0.05, 0) is 13.0 Å². The van der Waals surface area contributed by atoms with E-state index in [0.29, 0.717) is 11.5 Å². The fourth-order valence-corrected chi connectivity index (χ4v) is 2.00. The van der Waals surface area contributed by atoms with Gasteiger partial charge in [0.1, 0.15) is 16.4 Å². The van der Waals surface area contributed by atoms with E-state index in [-0.39, 0.29) is 10.8 Å². The summed E-state index contributed by atoms with van der Waals surface area (Å²) in [4.78, 5) is 0.221. The molecule has 1 heterocycles. The van der Waals surface area contributed by atoms with Crippen molar-refractivity contribution in [1.29, 1.82) is 0 Å². The van der Waals surface area contributed by atoms with Gasteiger partial charge in [0.2, 0.25) is 0 Å². The summed E-state index contributed by atoms with van der Waals surface area (Å²) in [5, 5.41) is 0. The van der Waals surface area contributed by atoms with Crippen molar-refractivity contribution in [2.24, 2.45) is 0 Å². The fraction of sp³-hybridized carbons (Fsp3) is 0.429.